The minimum atomic E-state index is -0.133. The number of hydrogen-bond donors (Lipinski definition) is 3. The number of amides is 3. The third-order valence-electron chi connectivity index (χ3n) is 6.68. The highest BCUT2D eigenvalue weighted by Crippen LogP contribution is 2.48. The number of aryl methyl sites for hydroxylation is 1. The zero-order valence-corrected chi connectivity index (χ0v) is 18.3. The van der Waals surface area contributed by atoms with Crippen LogP contribution >= 0.6 is 11.8 Å². The summed E-state index contributed by atoms with van der Waals surface area (Å²) in [4.78, 5) is 31.2. The summed E-state index contributed by atoms with van der Waals surface area (Å²) in [7, 11) is 2.09. The van der Waals surface area contributed by atoms with Crippen LogP contribution in [-0.2, 0) is 4.79 Å². The molecule has 30 heavy (non-hydrogen) atoms. The fourth-order valence-electron chi connectivity index (χ4n) is 5.27. The molecule has 3 N–H and O–H groups in total. The number of nitrogens with one attached hydrogen (secondary N) is 3. The minimum Gasteiger partial charge on any atom is -0.348 e. The van der Waals surface area contributed by atoms with Gasteiger partial charge >= 0.3 is 6.03 Å². The van der Waals surface area contributed by atoms with Crippen molar-refractivity contribution in [1.82, 2.24) is 20.9 Å². The van der Waals surface area contributed by atoms with E-state index in [9.17, 15) is 9.59 Å². The molecule has 0 radical (unpaired) electrons. The number of piperidine rings is 2. The number of benzene rings is 1. The van der Waals surface area contributed by atoms with Crippen molar-refractivity contribution < 1.29 is 9.59 Å². The van der Waals surface area contributed by atoms with Gasteiger partial charge in [0.25, 0.3) is 5.91 Å². The number of rotatable bonds is 3. The summed E-state index contributed by atoms with van der Waals surface area (Å²) in [6.45, 7) is 4.83. The molecule has 3 unspecified atom stereocenters. The first kappa shape index (κ1) is 19.9. The maximum Gasteiger partial charge on any atom is 0.326 e. The van der Waals surface area contributed by atoms with Crippen molar-refractivity contribution in [2.75, 3.05) is 31.6 Å². The van der Waals surface area contributed by atoms with Crippen molar-refractivity contribution >= 4 is 29.4 Å². The van der Waals surface area contributed by atoms with E-state index in [1.807, 2.05) is 36.1 Å². The Morgan fingerprint density at radius 3 is 2.90 bits per heavy atom. The average molecular weight is 428 g/mol. The predicted molar refractivity (Wildman–Crippen MR) is 119 cm³/mol. The average Bonchev–Trinajstić information content (AvgIpc) is 3.09. The number of urea groups is 1. The van der Waals surface area contributed by atoms with E-state index in [1.165, 1.54) is 0 Å². The number of likely N-dealkylation sites (N-methyl/N-ethyl adjacent to an activating group) is 1. The first-order chi connectivity index (χ1) is 14.5. The molecule has 0 saturated carbocycles. The molecule has 5 rings (SSSR count). The summed E-state index contributed by atoms with van der Waals surface area (Å²) >= 11 is 1.57. The Kier molecular flexibility index (Phi) is 5.24. The van der Waals surface area contributed by atoms with Crippen molar-refractivity contribution in [2.45, 2.75) is 43.6 Å². The molecule has 0 spiro atoms. The van der Waals surface area contributed by atoms with Crippen LogP contribution in [0.15, 0.2) is 34.9 Å². The summed E-state index contributed by atoms with van der Waals surface area (Å²) in [6, 6.07) is 8.10. The van der Waals surface area contributed by atoms with Gasteiger partial charge in [0.2, 0.25) is 0 Å². The molecule has 3 amide bonds. The maximum absolute atomic E-state index is 13.2. The molecule has 160 valence electrons. The van der Waals surface area contributed by atoms with Crippen molar-refractivity contribution in [3.05, 3.63) is 40.4 Å². The second-order valence-corrected chi connectivity index (χ2v) is 9.93. The topological polar surface area (TPSA) is 76.7 Å². The van der Waals surface area contributed by atoms with Gasteiger partial charge in [-0.05, 0) is 58.0 Å². The number of carbonyl (C=O) groups is 2. The van der Waals surface area contributed by atoms with Crippen molar-refractivity contribution in [1.29, 1.82) is 0 Å². The van der Waals surface area contributed by atoms with Crippen LogP contribution in [0.25, 0.3) is 0 Å². The van der Waals surface area contributed by atoms with E-state index >= 15 is 0 Å². The zero-order valence-electron chi connectivity index (χ0n) is 17.5. The fourth-order valence-corrected chi connectivity index (χ4v) is 6.67. The number of carbonyl (C=O) groups excluding carboxylic acids is 2. The number of likely N-dealkylation sites (tertiary alicyclic amines) is 1. The van der Waals surface area contributed by atoms with Gasteiger partial charge in [-0.2, -0.15) is 0 Å². The second-order valence-electron chi connectivity index (χ2n) is 8.78. The highest BCUT2D eigenvalue weighted by molar-refractivity contribution is 8.04. The molecule has 3 saturated heterocycles. The largest absolute Gasteiger partial charge is 0.348 e. The van der Waals surface area contributed by atoms with Crippen LogP contribution in [0, 0.1) is 12.8 Å². The summed E-state index contributed by atoms with van der Waals surface area (Å²) < 4.78 is 0. The van der Waals surface area contributed by atoms with Crippen LogP contribution in [0.2, 0.25) is 0 Å². The molecule has 3 fully saturated rings. The Bertz CT molecular complexity index is 903. The number of nitrogens with zero attached hydrogens (tertiary/aromatic N) is 2. The first-order valence-corrected chi connectivity index (χ1v) is 11.7. The van der Waals surface area contributed by atoms with Crippen molar-refractivity contribution in [3.8, 4) is 0 Å². The molecule has 4 aliphatic heterocycles. The van der Waals surface area contributed by atoms with Gasteiger partial charge in [-0.25, -0.2) is 4.79 Å². The number of hydrogen-bond acceptors (Lipinski definition) is 5. The standard InChI is InChI=1S/C22H29N5O2S/c1-13-6-3-4-8-15(13)27-16-9-10-23-21-17(16)18(25-22(27)29)19(30-21)20(28)24-14-7-5-11-26(2)12-14/h3-4,6,8,14,16-17,21,23H,5,7,9-12H2,1-2H3,(H,24,28)(H,25,29)/t14-,16?,17?,21?/m1/s1. The van der Waals surface area contributed by atoms with Gasteiger partial charge in [0, 0.05) is 29.9 Å². The Labute approximate surface area is 181 Å². The fraction of sp³-hybridized carbons (Fsp3) is 0.545. The van der Waals surface area contributed by atoms with Gasteiger partial charge in [0.05, 0.1) is 16.3 Å². The van der Waals surface area contributed by atoms with Gasteiger partial charge in [-0.15, -0.1) is 0 Å². The number of thioether (sulfide) groups is 1. The Morgan fingerprint density at radius 2 is 2.10 bits per heavy atom. The third kappa shape index (κ3) is 3.40. The number of para-hydroxylation sites is 1. The molecule has 7 nitrogen and oxygen atoms in total. The summed E-state index contributed by atoms with van der Waals surface area (Å²) in [5.41, 5.74) is 2.84. The highest BCUT2D eigenvalue weighted by atomic mass is 32.2. The monoisotopic (exact) mass is 427 g/mol. The lowest BCUT2D eigenvalue weighted by Gasteiger charge is -2.46. The number of anilines is 1. The first-order valence-electron chi connectivity index (χ1n) is 10.8. The molecule has 4 aliphatic rings. The molecular formula is C22H29N5O2S. The second kappa shape index (κ2) is 7.90. The normalized spacial score (nSPS) is 31.4. The summed E-state index contributed by atoms with van der Waals surface area (Å²) in [5.74, 6) is 0.0470. The Balaban J connectivity index is 1.43. The third-order valence-corrected chi connectivity index (χ3v) is 8.04. The predicted octanol–water partition coefficient (Wildman–Crippen LogP) is 2.00. The lowest BCUT2D eigenvalue weighted by Crippen LogP contribution is -2.62. The van der Waals surface area contributed by atoms with Crippen LogP contribution in [0.3, 0.4) is 0 Å². The van der Waals surface area contributed by atoms with Gasteiger partial charge in [-0.1, -0.05) is 30.0 Å². The molecule has 1 aromatic carbocycles. The van der Waals surface area contributed by atoms with Gasteiger partial charge in [0.15, 0.2) is 0 Å². The van der Waals surface area contributed by atoms with E-state index in [-0.39, 0.29) is 35.3 Å². The minimum absolute atomic E-state index is 0.0464. The van der Waals surface area contributed by atoms with E-state index in [1.54, 1.807) is 11.8 Å². The molecule has 4 heterocycles. The Morgan fingerprint density at radius 1 is 1.27 bits per heavy atom. The van der Waals surface area contributed by atoms with Gasteiger partial charge in [0.1, 0.15) is 0 Å². The summed E-state index contributed by atoms with van der Waals surface area (Å²) in [5, 5.41) is 9.99. The Hall–Kier alpha value is -2.03. The lowest BCUT2D eigenvalue weighted by atomic mass is 9.86. The van der Waals surface area contributed by atoms with E-state index < -0.39 is 0 Å². The molecule has 0 aliphatic carbocycles. The van der Waals surface area contributed by atoms with Gasteiger partial charge in [-0.3, -0.25) is 9.69 Å². The SMILES string of the molecule is Cc1ccccc1N1C(=O)NC2=C(C(=O)N[C@@H]3CCCN(C)C3)SC3NCCC1C23. The van der Waals surface area contributed by atoms with Crippen LogP contribution in [0.1, 0.15) is 24.8 Å². The van der Waals surface area contributed by atoms with Gasteiger partial charge < -0.3 is 20.9 Å². The molecule has 0 aromatic heterocycles. The van der Waals surface area contributed by atoms with E-state index in [2.05, 4.69) is 27.9 Å². The van der Waals surface area contributed by atoms with Crippen LogP contribution in [-0.4, -0.2) is 61.0 Å². The van der Waals surface area contributed by atoms with E-state index in [4.69, 9.17) is 0 Å². The molecule has 4 atom stereocenters. The molecule has 8 heteroatoms. The highest BCUT2D eigenvalue weighted by Gasteiger charge is 2.51. The zero-order chi connectivity index (χ0) is 20.8. The van der Waals surface area contributed by atoms with Crippen molar-refractivity contribution in [3.63, 3.8) is 0 Å². The summed E-state index contributed by atoms with van der Waals surface area (Å²) in [6.07, 6.45) is 2.97. The maximum atomic E-state index is 13.2. The van der Waals surface area contributed by atoms with Crippen LogP contribution in [0.5, 0.6) is 0 Å². The van der Waals surface area contributed by atoms with Crippen LogP contribution in [0.4, 0.5) is 10.5 Å². The molecule has 0 bridgehead atoms. The smallest absolute Gasteiger partial charge is 0.326 e. The van der Waals surface area contributed by atoms with E-state index in [0.717, 1.165) is 55.8 Å². The van der Waals surface area contributed by atoms with Crippen LogP contribution < -0.4 is 20.9 Å². The van der Waals surface area contributed by atoms with Crippen molar-refractivity contribution in [2.24, 2.45) is 5.92 Å². The lowest BCUT2D eigenvalue weighted by molar-refractivity contribution is -0.117. The van der Waals surface area contributed by atoms with E-state index in [0.29, 0.717) is 4.91 Å². The quantitative estimate of drug-likeness (QED) is 0.688. The molecular weight excluding hydrogens is 398 g/mol. The molecule has 1 aromatic rings.